The van der Waals surface area contributed by atoms with E-state index in [4.69, 9.17) is 10.2 Å². The molecule has 0 saturated heterocycles. The molecule has 1 aliphatic carbocycles. The van der Waals surface area contributed by atoms with Gasteiger partial charge in [-0.05, 0) is 19.3 Å². The van der Waals surface area contributed by atoms with E-state index in [1.807, 2.05) is 0 Å². The fourth-order valence-electron chi connectivity index (χ4n) is 1.94. The van der Waals surface area contributed by atoms with Crippen molar-refractivity contribution >= 4 is 5.97 Å². The van der Waals surface area contributed by atoms with E-state index < -0.39 is 5.97 Å². The molecule has 0 bridgehead atoms. The Morgan fingerprint density at radius 3 is 2.75 bits per heavy atom. The van der Waals surface area contributed by atoms with Gasteiger partial charge in [-0.3, -0.25) is 0 Å². The van der Waals surface area contributed by atoms with Crippen molar-refractivity contribution in [1.82, 2.24) is 15.0 Å². The molecule has 1 fully saturated rings. The summed E-state index contributed by atoms with van der Waals surface area (Å²) in [6.45, 7) is 0.606. The average molecular weight is 225 g/mol. The van der Waals surface area contributed by atoms with Crippen LogP contribution in [-0.2, 0) is 6.54 Å². The van der Waals surface area contributed by atoms with E-state index in [0.717, 1.165) is 25.0 Å². The highest BCUT2D eigenvalue weighted by Gasteiger charge is 2.30. The lowest BCUT2D eigenvalue weighted by Gasteiger charge is -2.26. The van der Waals surface area contributed by atoms with Gasteiger partial charge in [0.1, 0.15) is 0 Å². The summed E-state index contributed by atoms with van der Waals surface area (Å²) in [6, 6.07) is 0. The Kier molecular flexibility index (Phi) is 3.19. The molecule has 0 unspecified atom stereocenters. The molecular formula is C10H15N3O3. The summed E-state index contributed by atoms with van der Waals surface area (Å²) in [5.41, 5.74) is 0.801. The zero-order chi connectivity index (χ0) is 11.5. The first-order valence-electron chi connectivity index (χ1n) is 5.51. The van der Waals surface area contributed by atoms with Gasteiger partial charge in [0.15, 0.2) is 5.69 Å². The highest BCUT2D eigenvalue weighted by Crippen LogP contribution is 2.37. The summed E-state index contributed by atoms with van der Waals surface area (Å²) in [5.74, 6) is -0.739. The summed E-state index contributed by atoms with van der Waals surface area (Å²) in [6.07, 6.45) is 3.72. The molecule has 1 aliphatic rings. The summed E-state index contributed by atoms with van der Waals surface area (Å²) >= 11 is 0. The lowest BCUT2D eigenvalue weighted by atomic mass is 9.82. The standard InChI is InChI=1S/C10H15N3O3/c14-6-2-5-13-9(7-3-1-4-7)8(10(15)16)11-12-13/h7,14H,1-6H2,(H,15,16). The van der Waals surface area contributed by atoms with Crippen molar-refractivity contribution in [2.45, 2.75) is 38.1 Å². The van der Waals surface area contributed by atoms with Crippen molar-refractivity contribution in [3.05, 3.63) is 11.4 Å². The fourth-order valence-corrected chi connectivity index (χ4v) is 1.94. The van der Waals surface area contributed by atoms with Crippen molar-refractivity contribution in [1.29, 1.82) is 0 Å². The Morgan fingerprint density at radius 1 is 1.50 bits per heavy atom. The van der Waals surface area contributed by atoms with Gasteiger partial charge in [-0.2, -0.15) is 0 Å². The smallest absolute Gasteiger partial charge is 0.358 e. The molecule has 0 spiro atoms. The Hall–Kier alpha value is -1.43. The van der Waals surface area contributed by atoms with Crippen LogP contribution in [-0.4, -0.2) is 37.8 Å². The van der Waals surface area contributed by atoms with Gasteiger partial charge in [-0.25, -0.2) is 9.48 Å². The monoisotopic (exact) mass is 225 g/mol. The van der Waals surface area contributed by atoms with Gasteiger partial charge >= 0.3 is 5.97 Å². The number of hydrogen-bond acceptors (Lipinski definition) is 4. The zero-order valence-corrected chi connectivity index (χ0v) is 8.96. The summed E-state index contributed by atoms with van der Waals surface area (Å²) < 4.78 is 1.63. The lowest BCUT2D eigenvalue weighted by molar-refractivity contribution is 0.0687. The molecule has 1 heterocycles. The first-order valence-corrected chi connectivity index (χ1v) is 5.51. The molecular weight excluding hydrogens is 210 g/mol. The van der Waals surface area contributed by atoms with Crippen molar-refractivity contribution in [3.8, 4) is 0 Å². The molecule has 0 radical (unpaired) electrons. The normalized spacial score (nSPS) is 16.1. The van der Waals surface area contributed by atoms with Crippen LogP contribution in [0.2, 0.25) is 0 Å². The van der Waals surface area contributed by atoms with Crippen LogP contribution >= 0.6 is 0 Å². The van der Waals surface area contributed by atoms with Crippen LogP contribution in [0.15, 0.2) is 0 Å². The molecule has 2 N–H and O–H groups in total. The first kappa shape index (κ1) is 11.1. The van der Waals surface area contributed by atoms with E-state index in [0.29, 0.717) is 13.0 Å². The molecule has 16 heavy (non-hydrogen) atoms. The van der Waals surface area contributed by atoms with Crippen LogP contribution in [0.3, 0.4) is 0 Å². The average Bonchev–Trinajstić information content (AvgIpc) is 2.56. The Morgan fingerprint density at radius 2 is 2.25 bits per heavy atom. The van der Waals surface area contributed by atoms with Gasteiger partial charge in [-0.15, -0.1) is 5.10 Å². The van der Waals surface area contributed by atoms with Crippen molar-refractivity contribution in [2.75, 3.05) is 6.61 Å². The van der Waals surface area contributed by atoms with Crippen molar-refractivity contribution < 1.29 is 15.0 Å². The van der Waals surface area contributed by atoms with Gasteiger partial charge in [0.25, 0.3) is 0 Å². The number of nitrogens with zero attached hydrogens (tertiary/aromatic N) is 3. The van der Waals surface area contributed by atoms with Gasteiger partial charge < -0.3 is 10.2 Å². The van der Waals surface area contributed by atoms with Crippen molar-refractivity contribution in [2.24, 2.45) is 0 Å². The highest BCUT2D eigenvalue weighted by atomic mass is 16.4. The second kappa shape index (κ2) is 4.61. The summed E-state index contributed by atoms with van der Waals surface area (Å²) in [4.78, 5) is 11.0. The van der Waals surface area contributed by atoms with Crippen LogP contribution in [0.1, 0.15) is 47.8 Å². The SMILES string of the molecule is O=C(O)c1nnn(CCCO)c1C1CCC1. The molecule has 1 aromatic heterocycles. The number of aromatic carboxylic acids is 1. The van der Waals surface area contributed by atoms with E-state index in [2.05, 4.69) is 10.3 Å². The number of aliphatic hydroxyl groups excluding tert-OH is 1. The van der Waals surface area contributed by atoms with Crippen LogP contribution in [0.4, 0.5) is 0 Å². The summed E-state index contributed by atoms with van der Waals surface area (Å²) in [7, 11) is 0. The maximum absolute atomic E-state index is 11.0. The van der Waals surface area contributed by atoms with Gasteiger partial charge in [0, 0.05) is 19.1 Å². The predicted molar refractivity (Wildman–Crippen MR) is 55.3 cm³/mol. The molecule has 6 nitrogen and oxygen atoms in total. The van der Waals surface area contributed by atoms with E-state index >= 15 is 0 Å². The maximum atomic E-state index is 11.0. The van der Waals surface area contributed by atoms with Crippen LogP contribution < -0.4 is 0 Å². The van der Waals surface area contributed by atoms with Crippen LogP contribution in [0.25, 0.3) is 0 Å². The third-order valence-electron chi connectivity index (χ3n) is 3.00. The Balaban J connectivity index is 2.25. The van der Waals surface area contributed by atoms with E-state index in [1.165, 1.54) is 0 Å². The van der Waals surface area contributed by atoms with Gasteiger partial charge in [0.2, 0.25) is 0 Å². The number of carbonyl (C=O) groups is 1. The van der Waals surface area contributed by atoms with E-state index in [1.54, 1.807) is 4.68 Å². The molecule has 0 atom stereocenters. The van der Waals surface area contributed by atoms with E-state index in [9.17, 15) is 4.79 Å². The lowest BCUT2D eigenvalue weighted by Crippen LogP contribution is -2.18. The minimum absolute atomic E-state index is 0.0719. The number of aliphatic hydroxyl groups is 1. The maximum Gasteiger partial charge on any atom is 0.358 e. The molecule has 2 rings (SSSR count). The quantitative estimate of drug-likeness (QED) is 0.767. The molecule has 0 aromatic carbocycles. The largest absolute Gasteiger partial charge is 0.476 e. The topological polar surface area (TPSA) is 88.2 Å². The number of carboxylic acid groups (broad SMARTS) is 1. The van der Waals surface area contributed by atoms with Crippen LogP contribution in [0, 0.1) is 0 Å². The van der Waals surface area contributed by atoms with Crippen LogP contribution in [0.5, 0.6) is 0 Å². The molecule has 0 aliphatic heterocycles. The molecule has 6 heteroatoms. The summed E-state index contributed by atoms with van der Waals surface area (Å²) in [5, 5.41) is 25.3. The van der Waals surface area contributed by atoms with Gasteiger partial charge in [-0.1, -0.05) is 11.6 Å². The van der Waals surface area contributed by atoms with Gasteiger partial charge in [0.05, 0.1) is 5.69 Å². The number of aromatic nitrogens is 3. The second-order valence-corrected chi connectivity index (χ2v) is 4.06. The van der Waals surface area contributed by atoms with E-state index in [-0.39, 0.29) is 18.2 Å². The fraction of sp³-hybridized carbons (Fsp3) is 0.700. The Bertz CT molecular complexity index is 385. The number of aryl methyl sites for hydroxylation is 1. The molecule has 1 saturated carbocycles. The third-order valence-corrected chi connectivity index (χ3v) is 3.00. The van der Waals surface area contributed by atoms with Crippen molar-refractivity contribution in [3.63, 3.8) is 0 Å². The number of hydrogen-bond donors (Lipinski definition) is 2. The molecule has 88 valence electrons. The zero-order valence-electron chi connectivity index (χ0n) is 8.96. The highest BCUT2D eigenvalue weighted by molar-refractivity contribution is 5.86. The predicted octanol–water partition coefficient (Wildman–Crippen LogP) is 0.626. The second-order valence-electron chi connectivity index (χ2n) is 4.06. The number of carboxylic acids is 1. The third kappa shape index (κ3) is 1.92. The number of rotatable bonds is 5. The molecule has 0 amide bonds. The Labute approximate surface area is 92.9 Å². The minimum atomic E-state index is -1.02. The minimum Gasteiger partial charge on any atom is -0.476 e. The molecule has 1 aromatic rings. The first-order chi connectivity index (χ1) is 7.74.